The molecule has 1 fully saturated rings. The van der Waals surface area contributed by atoms with E-state index in [0.29, 0.717) is 25.7 Å². The number of carbonyl (C=O) groups is 8. The highest BCUT2D eigenvalue weighted by molar-refractivity contribution is 6.06. The number of ether oxygens (including phenoxy) is 1. The van der Waals surface area contributed by atoms with Crippen LogP contribution in [0.25, 0.3) is 10.9 Å². The van der Waals surface area contributed by atoms with Crippen LogP contribution in [0.1, 0.15) is 84.6 Å². The molecule has 5 amide bonds. The SMILES string of the molecule is CCCC[C@H](CC(=O)[C@H](CC/C=C/C(=O)OC)NC(=O)c1ccccc1C(=O)O)C(=O)Nc1cccn(CC(=O)N[C@@H](Cc2c[nH]c3ccccc23)C(=O)N2CCC[C@H]2C(N)=O)c1=O. The smallest absolute Gasteiger partial charge is 0.336 e. The molecule has 18 heteroatoms. The lowest BCUT2D eigenvalue weighted by Gasteiger charge is -2.28. The van der Waals surface area contributed by atoms with E-state index >= 15 is 0 Å². The summed E-state index contributed by atoms with van der Waals surface area (Å²) in [5, 5.41) is 18.5. The first-order chi connectivity index (χ1) is 30.7. The Labute approximate surface area is 368 Å². The largest absolute Gasteiger partial charge is 0.478 e. The summed E-state index contributed by atoms with van der Waals surface area (Å²) in [5.74, 6) is -6.79. The number of nitrogens with one attached hydrogen (secondary N) is 4. The standard InChI is InChI=1S/C46H53N7O11/c1-3-4-13-28(25-38(54)34(18-9-10-21-40(56)64-2)50-43(59)31-15-5-6-16-32(31)46(62)63)42(58)51-35-19-11-22-52(44(35)60)27-39(55)49-36(45(61)53-23-12-20-37(53)41(47)57)24-29-26-48-33-17-8-7-14-30(29)33/h5-8,10-11,14-17,19,21-22,26,28,34,36-37,48H,3-4,9,12-13,18,20,23-25,27H2,1-2H3,(H2,47,57)(H,49,55)(H,50,59)(H,51,58)(H,62,63)/b21-10+/t28-,34+,36+,37+/m1/s1. The maximum Gasteiger partial charge on any atom is 0.336 e. The van der Waals surface area contributed by atoms with Crippen molar-refractivity contribution in [1.29, 1.82) is 0 Å². The summed E-state index contributed by atoms with van der Waals surface area (Å²) >= 11 is 0. The Morgan fingerprint density at radius 1 is 0.953 bits per heavy atom. The third kappa shape index (κ3) is 12.4. The Kier molecular flexibility index (Phi) is 16.9. The number of ketones is 1. The number of carboxylic acids is 1. The van der Waals surface area contributed by atoms with Gasteiger partial charge in [-0.3, -0.25) is 33.6 Å². The molecule has 2 aromatic carbocycles. The number of carboxylic acid groups (broad SMARTS) is 1. The first-order valence-corrected chi connectivity index (χ1v) is 21.1. The molecular formula is C46H53N7O11. The average Bonchev–Trinajstić information content (AvgIpc) is 3.95. The van der Waals surface area contributed by atoms with E-state index in [1.807, 2.05) is 31.2 Å². The number of aromatic amines is 1. The molecule has 0 radical (unpaired) electrons. The molecule has 0 saturated carbocycles. The van der Waals surface area contributed by atoms with Gasteiger partial charge in [-0.05, 0) is 68.0 Å². The topological polar surface area (TPSA) is 269 Å². The molecule has 2 aromatic heterocycles. The molecule has 1 aliphatic rings. The number of likely N-dealkylation sites (tertiary alicyclic amines) is 1. The quantitative estimate of drug-likeness (QED) is 0.0493. The predicted molar refractivity (Wildman–Crippen MR) is 235 cm³/mol. The van der Waals surface area contributed by atoms with Crippen molar-refractivity contribution in [3.05, 3.63) is 112 Å². The number of Topliss-reactive ketones (excluding diaryl/α,β-unsaturated/α-hetero) is 1. The third-order valence-corrected chi connectivity index (χ3v) is 11.1. The molecule has 1 aliphatic heterocycles. The molecule has 338 valence electrons. The molecule has 7 N–H and O–H groups in total. The fourth-order valence-corrected chi connectivity index (χ4v) is 7.72. The highest BCUT2D eigenvalue weighted by Crippen LogP contribution is 2.23. The number of aromatic nitrogens is 2. The van der Waals surface area contributed by atoms with Crippen molar-refractivity contribution in [2.45, 2.75) is 89.4 Å². The molecule has 18 nitrogen and oxygen atoms in total. The van der Waals surface area contributed by atoms with Crippen molar-refractivity contribution in [2.75, 3.05) is 19.0 Å². The lowest BCUT2D eigenvalue weighted by molar-refractivity contribution is -0.140. The van der Waals surface area contributed by atoms with Gasteiger partial charge < -0.3 is 46.0 Å². The molecule has 64 heavy (non-hydrogen) atoms. The number of aromatic carboxylic acids is 1. The van der Waals surface area contributed by atoms with Crippen LogP contribution in [0.5, 0.6) is 0 Å². The van der Waals surface area contributed by atoms with Crippen LogP contribution < -0.4 is 27.2 Å². The van der Waals surface area contributed by atoms with Crippen LogP contribution in [0.15, 0.2) is 90.0 Å². The van der Waals surface area contributed by atoms with Gasteiger partial charge in [0.25, 0.3) is 11.5 Å². The van der Waals surface area contributed by atoms with Gasteiger partial charge in [-0.15, -0.1) is 0 Å². The minimum Gasteiger partial charge on any atom is -0.478 e. The number of carbonyl (C=O) groups excluding carboxylic acids is 7. The first-order valence-electron chi connectivity index (χ1n) is 21.1. The number of H-pyrrole nitrogens is 1. The first kappa shape index (κ1) is 47.7. The van der Waals surface area contributed by atoms with Gasteiger partial charge in [-0.25, -0.2) is 9.59 Å². The zero-order valence-corrected chi connectivity index (χ0v) is 35.7. The number of para-hydroxylation sites is 1. The number of hydrogen-bond acceptors (Lipinski definition) is 10. The number of allylic oxidation sites excluding steroid dienone is 1. The van der Waals surface area contributed by atoms with Crippen LogP contribution in [-0.4, -0.2) is 98.6 Å². The molecule has 0 bridgehead atoms. The second-order valence-electron chi connectivity index (χ2n) is 15.5. The van der Waals surface area contributed by atoms with Gasteiger partial charge >= 0.3 is 11.9 Å². The van der Waals surface area contributed by atoms with Crippen LogP contribution in [0.3, 0.4) is 0 Å². The van der Waals surface area contributed by atoms with Crippen LogP contribution in [-0.2, 0) is 46.5 Å². The second kappa shape index (κ2) is 22.6. The fourth-order valence-electron chi connectivity index (χ4n) is 7.72. The van der Waals surface area contributed by atoms with Gasteiger partial charge in [-0.2, -0.15) is 0 Å². The average molecular weight is 880 g/mol. The Morgan fingerprint density at radius 3 is 2.41 bits per heavy atom. The Hall–Kier alpha value is -7.37. The number of amides is 5. The zero-order chi connectivity index (χ0) is 46.3. The van der Waals surface area contributed by atoms with Crippen molar-refractivity contribution in [1.82, 2.24) is 25.1 Å². The number of pyridine rings is 1. The molecule has 5 rings (SSSR count). The summed E-state index contributed by atoms with van der Waals surface area (Å²) in [5.41, 5.74) is 5.82. The molecule has 0 spiro atoms. The number of fused-ring (bicyclic) bond motifs is 1. The lowest BCUT2D eigenvalue weighted by atomic mass is 9.91. The van der Waals surface area contributed by atoms with Crippen molar-refractivity contribution < 1.29 is 48.2 Å². The number of nitrogens with two attached hydrogens (primary N) is 1. The minimum absolute atomic E-state index is 0.00112. The van der Waals surface area contributed by atoms with Gasteiger partial charge in [0.1, 0.15) is 24.3 Å². The van der Waals surface area contributed by atoms with Crippen LogP contribution in [0, 0.1) is 5.92 Å². The maximum absolute atomic E-state index is 14.0. The van der Waals surface area contributed by atoms with E-state index < -0.39 is 83.4 Å². The summed E-state index contributed by atoms with van der Waals surface area (Å²) in [4.78, 5) is 123. The molecular weight excluding hydrogens is 827 g/mol. The van der Waals surface area contributed by atoms with E-state index in [1.54, 1.807) is 6.20 Å². The van der Waals surface area contributed by atoms with Crippen molar-refractivity contribution in [3.63, 3.8) is 0 Å². The minimum atomic E-state index is -1.34. The number of benzene rings is 2. The number of primary amides is 1. The molecule has 4 atom stereocenters. The second-order valence-corrected chi connectivity index (χ2v) is 15.5. The monoisotopic (exact) mass is 879 g/mol. The zero-order valence-electron chi connectivity index (χ0n) is 35.7. The summed E-state index contributed by atoms with van der Waals surface area (Å²) in [6, 6.07) is 12.6. The number of esters is 1. The number of nitrogens with zero attached hydrogens (tertiary/aromatic N) is 2. The van der Waals surface area contributed by atoms with Crippen LogP contribution in [0.4, 0.5) is 5.69 Å². The van der Waals surface area contributed by atoms with E-state index in [0.717, 1.165) is 27.1 Å². The summed E-state index contributed by atoms with van der Waals surface area (Å²) in [6.07, 6.45) is 7.96. The molecule has 1 saturated heterocycles. The summed E-state index contributed by atoms with van der Waals surface area (Å²) in [7, 11) is 1.20. The van der Waals surface area contributed by atoms with Gasteiger partial charge in [0, 0.05) is 54.7 Å². The Balaban J connectivity index is 1.32. The Bertz CT molecular complexity index is 2470. The molecule has 0 aliphatic carbocycles. The summed E-state index contributed by atoms with van der Waals surface area (Å²) < 4.78 is 5.67. The van der Waals surface area contributed by atoms with Gasteiger partial charge in [0.2, 0.25) is 23.6 Å². The van der Waals surface area contributed by atoms with Crippen LogP contribution >= 0.6 is 0 Å². The highest BCUT2D eigenvalue weighted by atomic mass is 16.5. The summed E-state index contributed by atoms with van der Waals surface area (Å²) in [6.45, 7) is 1.64. The van der Waals surface area contributed by atoms with E-state index in [9.17, 15) is 48.3 Å². The number of unbranched alkanes of at least 4 members (excludes halogenated alkanes) is 1. The number of rotatable bonds is 22. The number of hydrogen-bond donors (Lipinski definition) is 6. The normalized spacial score (nSPS) is 15.0. The number of anilines is 1. The third-order valence-electron chi connectivity index (χ3n) is 11.1. The van der Waals surface area contributed by atoms with E-state index in [1.165, 1.54) is 60.7 Å². The van der Waals surface area contributed by atoms with Crippen molar-refractivity contribution >= 4 is 63.8 Å². The number of methoxy groups -OCH3 is 1. The highest BCUT2D eigenvalue weighted by Gasteiger charge is 2.37. The van der Waals surface area contributed by atoms with Crippen molar-refractivity contribution in [3.8, 4) is 0 Å². The lowest BCUT2D eigenvalue weighted by Crippen LogP contribution is -2.54. The van der Waals surface area contributed by atoms with Gasteiger partial charge in [-0.1, -0.05) is 56.2 Å². The van der Waals surface area contributed by atoms with Gasteiger partial charge in [0.15, 0.2) is 5.78 Å². The van der Waals surface area contributed by atoms with Crippen LogP contribution in [0.2, 0.25) is 0 Å². The van der Waals surface area contributed by atoms with E-state index in [-0.39, 0.29) is 55.5 Å². The van der Waals surface area contributed by atoms with Gasteiger partial charge in [0.05, 0.1) is 24.3 Å². The molecule has 0 unspecified atom stereocenters. The Morgan fingerprint density at radius 2 is 1.69 bits per heavy atom. The predicted octanol–water partition coefficient (Wildman–Crippen LogP) is 3.24. The fraction of sp³-hybridized carbons (Fsp3) is 0.370. The molecule has 3 heterocycles. The van der Waals surface area contributed by atoms with E-state index in [4.69, 9.17) is 5.73 Å². The molecule has 4 aromatic rings. The van der Waals surface area contributed by atoms with E-state index in [2.05, 4.69) is 25.7 Å². The maximum atomic E-state index is 14.0. The van der Waals surface area contributed by atoms with Crippen molar-refractivity contribution in [2.24, 2.45) is 11.7 Å².